The first-order valence-electron chi connectivity index (χ1n) is 1.80. The van der Waals surface area contributed by atoms with E-state index in [1.807, 2.05) is 0 Å². The first-order valence-corrected chi connectivity index (χ1v) is 6.55. The predicted molar refractivity (Wildman–Crippen MR) is 38.7 cm³/mol. The molecule has 0 heterocycles. The summed E-state index contributed by atoms with van der Waals surface area (Å²) >= 11 is 16.1. The van der Waals surface area contributed by atoms with Crippen molar-refractivity contribution in [2.24, 2.45) is 0 Å². The Bertz CT molecular complexity index is 61.2. The molecule has 0 unspecified atom stereocenters. The molecule has 0 aromatic rings. The van der Waals surface area contributed by atoms with Gasteiger partial charge in [-0.25, -0.2) is 0 Å². The Morgan fingerprint density at radius 1 is 1.43 bits per heavy atom. The number of hydrogen-bond donors (Lipinski definition) is 0. The molecule has 0 aromatic heterocycles. The highest BCUT2D eigenvalue weighted by Gasteiger charge is 1.94. The highest BCUT2D eigenvalue weighted by Crippen LogP contribution is 2.03. The minimum absolute atomic E-state index is 0.757. The minimum atomic E-state index is -1.41. The second-order valence-corrected chi connectivity index (χ2v) is 6.33. The molecular formula is C3H5Cl3Si. The Morgan fingerprint density at radius 3 is 2.14 bits per heavy atom. The molecule has 0 aliphatic rings. The van der Waals surface area contributed by atoms with Crippen LogP contribution in [0.2, 0.25) is 6.04 Å². The molecule has 0 aromatic carbocycles. The van der Waals surface area contributed by atoms with Gasteiger partial charge in [0.1, 0.15) is 0 Å². The fraction of sp³-hybridized carbons (Fsp3) is 0.333. The third-order valence-electron chi connectivity index (χ3n) is 0.403. The third kappa shape index (κ3) is 6.83. The van der Waals surface area contributed by atoms with E-state index in [0.717, 1.165) is 6.04 Å². The van der Waals surface area contributed by atoms with Gasteiger partial charge in [0.2, 0.25) is 7.42 Å². The van der Waals surface area contributed by atoms with E-state index in [4.69, 9.17) is 33.8 Å². The van der Waals surface area contributed by atoms with Crippen LogP contribution in [0, 0.1) is 0 Å². The Kier molecular flexibility index (Phi) is 5.56. The Balaban J connectivity index is 2.97. The maximum atomic E-state index is 5.45. The van der Waals surface area contributed by atoms with Crippen molar-refractivity contribution in [3.05, 3.63) is 11.6 Å². The zero-order valence-electron chi connectivity index (χ0n) is 3.57. The fourth-order valence-corrected chi connectivity index (χ4v) is 1.39. The minimum Gasteiger partial charge on any atom is -0.150 e. The Hall–Kier alpha value is 0.827. The zero-order chi connectivity index (χ0) is 5.70. The molecule has 0 atom stereocenters. The fourth-order valence-electron chi connectivity index (χ4n) is 0.154. The van der Waals surface area contributed by atoms with Crippen LogP contribution in [-0.2, 0) is 0 Å². The Labute approximate surface area is 59.1 Å². The van der Waals surface area contributed by atoms with Crippen molar-refractivity contribution in [1.29, 1.82) is 0 Å². The van der Waals surface area contributed by atoms with E-state index in [1.165, 1.54) is 5.54 Å². The molecule has 0 saturated carbocycles. The van der Waals surface area contributed by atoms with Crippen molar-refractivity contribution in [1.82, 2.24) is 0 Å². The van der Waals surface area contributed by atoms with Crippen LogP contribution in [0.1, 0.15) is 0 Å². The van der Waals surface area contributed by atoms with Crippen LogP contribution >= 0.6 is 33.8 Å². The Morgan fingerprint density at radius 2 is 2.00 bits per heavy atom. The molecule has 4 heteroatoms. The van der Waals surface area contributed by atoms with Crippen LogP contribution in [-0.4, -0.2) is 7.42 Å². The smallest absolute Gasteiger partial charge is 0.150 e. The quantitative estimate of drug-likeness (QED) is 0.447. The summed E-state index contributed by atoms with van der Waals surface area (Å²) in [6, 6.07) is 0.757. The molecule has 0 saturated heterocycles. The van der Waals surface area contributed by atoms with Gasteiger partial charge in [0.15, 0.2) is 0 Å². The summed E-state index contributed by atoms with van der Waals surface area (Å²) in [4.78, 5) is 0. The molecule has 0 N–H and O–H groups in total. The van der Waals surface area contributed by atoms with Gasteiger partial charge >= 0.3 is 0 Å². The van der Waals surface area contributed by atoms with Crippen LogP contribution in [0.25, 0.3) is 0 Å². The highest BCUT2D eigenvalue weighted by molar-refractivity contribution is 7.33. The molecule has 0 nitrogen and oxygen atoms in total. The van der Waals surface area contributed by atoms with Gasteiger partial charge in [-0.2, -0.15) is 22.2 Å². The van der Waals surface area contributed by atoms with Crippen LogP contribution < -0.4 is 0 Å². The lowest BCUT2D eigenvalue weighted by atomic mass is 10.8. The normalized spacial score (nSPS) is 11.4. The average Bonchev–Trinajstić information content (AvgIpc) is 1.61. The molecule has 42 valence electrons. The lowest BCUT2D eigenvalue weighted by molar-refractivity contribution is 1.73. The number of rotatable bonds is 2. The lowest BCUT2D eigenvalue weighted by Gasteiger charge is -1.84. The van der Waals surface area contributed by atoms with Gasteiger partial charge in [0.25, 0.3) is 0 Å². The van der Waals surface area contributed by atoms with E-state index in [1.54, 1.807) is 6.08 Å². The predicted octanol–water partition coefficient (Wildman–Crippen LogP) is 2.44. The van der Waals surface area contributed by atoms with Crippen LogP contribution in [0.5, 0.6) is 0 Å². The first-order chi connectivity index (χ1) is 3.27. The van der Waals surface area contributed by atoms with Crippen molar-refractivity contribution in [2.45, 2.75) is 6.04 Å². The van der Waals surface area contributed by atoms with E-state index < -0.39 is 7.42 Å². The summed E-state index contributed by atoms with van der Waals surface area (Å²) in [5, 5.41) is 0. The SMILES string of the molecule is Cl/C=C/C[SiH](Cl)Cl. The summed E-state index contributed by atoms with van der Waals surface area (Å²) in [7, 11) is -1.41. The number of halogens is 3. The molecule has 0 amide bonds. The molecule has 7 heavy (non-hydrogen) atoms. The number of hydrogen-bond acceptors (Lipinski definition) is 0. The van der Waals surface area contributed by atoms with Gasteiger partial charge in [-0.1, -0.05) is 17.7 Å². The zero-order valence-corrected chi connectivity index (χ0v) is 7.00. The van der Waals surface area contributed by atoms with Gasteiger partial charge in [0, 0.05) is 5.54 Å². The molecule has 0 spiro atoms. The summed E-state index contributed by atoms with van der Waals surface area (Å²) in [6.45, 7) is 0. The summed E-state index contributed by atoms with van der Waals surface area (Å²) in [5.74, 6) is 0. The van der Waals surface area contributed by atoms with Crippen molar-refractivity contribution in [3.8, 4) is 0 Å². The van der Waals surface area contributed by atoms with E-state index in [9.17, 15) is 0 Å². The van der Waals surface area contributed by atoms with Crippen LogP contribution in [0.4, 0.5) is 0 Å². The van der Waals surface area contributed by atoms with Crippen LogP contribution in [0.15, 0.2) is 11.6 Å². The average molecular weight is 176 g/mol. The molecule has 0 aliphatic heterocycles. The summed E-state index contributed by atoms with van der Waals surface area (Å²) in [5.41, 5.74) is 1.44. The third-order valence-corrected chi connectivity index (χ3v) is 2.28. The van der Waals surface area contributed by atoms with Crippen molar-refractivity contribution < 1.29 is 0 Å². The molecule has 0 aliphatic carbocycles. The van der Waals surface area contributed by atoms with E-state index in [-0.39, 0.29) is 0 Å². The standard InChI is InChI=1S/C3H5Cl3Si/c4-2-1-3-7(5)6/h1-2,7H,3H2/b2-1+. The molecular weight excluding hydrogens is 170 g/mol. The number of allylic oxidation sites excluding steroid dienone is 1. The maximum Gasteiger partial charge on any atom is 0.240 e. The van der Waals surface area contributed by atoms with Gasteiger partial charge in [0.05, 0.1) is 0 Å². The van der Waals surface area contributed by atoms with E-state index in [2.05, 4.69) is 0 Å². The largest absolute Gasteiger partial charge is 0.240 e. The van der Waals surface area contributed by atoms with Crippen LogP contribution in [0.3, 0.4) is 0 Å². The summed E-state index contributed by atoms with van der Waals surface area (Å²) < 4.78 is 0. The molecule has 0 fully saturated rings. The molecule has 0 bridgehead atoms. The lowest BCUT2D eigenvalue weighted by Crippen LogP contribution is -1.85. The monoisotopic (exact) mass is 174 g/mol. The maximum absolute atomic E-state index is 5.45. The topological polar surface area (TPSA) is 0 Å². The van der Waals surface area contributed by atoms with Crippen molar-refractivity contribution in [3.63, 3.8) is 0 Å². The first kappa shape index (κ1) is 7.83. The van der Waals surface area contributed by atoms with Crippen molar-refractivity contribution >= 4 is 41.2 Å². The van der Waals surface area contributed by atoms with Gasteiger partial charge in [-0.15, -0.1) is 0 Å². The molecule has 0 rings (SSSR count). The second kappa shape index (κ2) is 4.97. The highest BCUT2D eigenvalue weighted by atomic mass is 35.7. The second-order valence-electron chi connectivity index (χ2n) is 0.988. The van der Waals surface area contributed by atoms with Gasteiger partial charge < -0.3 is 0 Å². The molecule has 0 radical (unpaired) electrons. The van der Waals surface area contributed by atoms with E-state index >= 15 is 0 Å². The van der Waals surface area contributed by atoms with Crippen molar-refractivity contribution in [2.75, 3.05) is 0 Å². The van der Waals surface area contributed by atoms with E-state index in [0.29, 0.717) is 0 Å². The van der Waals surface area contributed by atoms with Gasteiger partial charge in [-0.05, 0) is 6.04 Å². The summed E-state index contributed by atoms with van der Waals surface area (Å²) in [6.07, 6.45) is 1.76. The van der Waals surface area contributed by atoms with Gasteiger partial charge in [-0.3, -0.25) is 0 Å².